The predicted molar refractivity (Wildman–Crippen MR) is 159 cm³/mol. The molecule has 1 aromatic heterocycles. The van der Waals surface area contributed by atoms with Crippen LogP contribution in [0.5, 0.6) is 0 Å². The maximum atomic E-state index is 14.0. The van der Waals surface area contributed by atoms with Crippen molar-refractivity contribution < 1.29 is 22.8 Å². The Bertz CT molecular complexity index is 1260. The van der Waals surface area contributed by atoms with Gasteiger partial charge in [-0.1, -0.05) is 12.8 Å². The molecule has 2 aromatic rings. The van der Waals surface area contributed by atoms with E-state index in [-0.39, 0.29) is 29.6 Å². The number of nitrogens with zero attached hydrogens (tertiary/aromatic N) is 5. The highest BCUT2D eigenvalue weighted by atomic mass is 19.4. The van der Waals surface area contributed by atoms with Gasteiger partial charge in [-0.25, -0.2) is 4.98 Å². The second kappa shape index (κ2) is 13.5. The summed E-state index contributed by atoms with van der Waals surface area (Å²) in [6, 6.07) is 6.51. The lowest BCUT2D eigenvalue weighted by Crippen LogP contribution is -2.47. The molecule has 1 aromatic carbocycles. The van der Waals surface area contributed by atoms with Crippen LogP contribution in [0.25, 0.3) is 0 Å². The van der Waals surface area contributed by atoms with E-state index in [1.807, 2.05) is 11.9 Å². The summed E-state index contributed by atoms with van der Waals surface area (Å²) < 4.78 is 42.0. The van der Waals surface area contributed by atoms with E-state index in [0.29, 0.717) is 37.2 Å². The average Bonchev–Trinajstić information content (AvgIpc) is 3.01. The Morgan fingerprint density at radius 3 is 2.28 bits per heavy atom. The third-order valence-electron chi connectivity index (χ3n) is 9.11. The van der Waals surface area contributed by atoms with Crippen molar-refractivity contribution in [2.75, 3.05) is 50.9 Å². The van der Waals surface area contributed by atoms with Crippen molar-refractivity contribution in [2.24, 2.45) is 5.92 Å². The Hall–Kier alpha value is -3.41. The van der Waals surface area contributed by atoms with Crippen LogP contribution in [0.1, 0.15) is 73.7 Å². The third-order valence-corrected chi connectivity index (χ3v) is 9.11. The van der Waals surface area contributed by atoms with Crippen LogP contribution in [-0.4, -0.2) is 88.8 Å². The molecule has 3 fully saturated rings. The maximum absolute atomic E-state index is 14.0. The molecule has 2 N–H and O–H groups in total. The van der Waals surface area contributed by atoms with Gasteiger partial charge in [-0.05, 0) is 89.3 Å². The Labute approximate surface area is 251 Å². The molecule has 1 unspecified atom stereocenters. The lowest BCUT2D eigenvalue weighted by molar-refractivity contribution is -0.137. The summed E-state index contributed by atoms with van der Waals surface area (Å²) in [5, 5.41) is 5.99. The smallest absolute Gasteiger partial charge is 0.366 e. The number of hydrogen-bond acceptors (Lipinski definition) is 7. The Morgan fingerprint density at radius 1 is 0.930 bits per heavy atom. The number of benzene rings is 1. The van der Waals surface area contributed by atoms with Crippen LogP contribution in [0.4, 0.5) is 30.6 Å². The number of anilines is 3. The van der Waals surface area contributed by atoms with Crippen LogP contribution in [0.15, 0.2) is 30.5 Å². The molecule has 0 bridgehead atoms. The fourth-order valence-electron chi connectivity index (χ4n) is 6.46. The number of halogens is 3. The predicted octanol–water partition coefficient (Wildman–Crippen LogP) is 5.39. The first-order chi connectivity index (χ1) is 20.6. The normalized spacial score (nSPS) is 22.2. The Balaban J connectivity index is 1.29. The topological polar surface area (TPSA) is 93.7 Å². The highest BCUT2D eigenvalue weighted by Gasteiger charge is 2.39. The summed E-state index contributed by atoms with van der Waals surface area (Å²) >= 11 is 0. The molecule has 3 heterocycles. The van der Waals surface area contributed by atoms with Gasteiger partial charge in [-0.15, -0.1) is 0 Å². The number of alkyl halides is 3. The van der Waals surface area contributed by atoms with E-state index in [2.05, 4.69) is 32.5 Å². The SMILES string of the molecule is CN1CCC(N(C)C(=O)c2ccc(Nc3ncc(C(F)(F)F)c(NC4CCCC[C@@H]4C(=O)N4CCCCC4)n3)cc2)CC1. The van der Waals surface area contributed by atoms with Crippen LogP contribution < -0.4 is 10.6 Å². The van der Waals surface area contributed by atoms with Crippen molar-refractivity contribution in [3.8, 4) is 0 Å². The summed E-state index contributed by atoms with van der Waals surface area (Å²) in [5.41, 5.74) is 0.107. The van der Waals surface area contributed by atoms with Gasteiger partial charge in [0.25, 0.3) is 5.91 Å². The summed E-state index contributed by atoms with van der Waals surface area (Å²) in [6.45, 7) is 3.31. The molecule has 0 spiro atoms. The zero-order valence-electron chi connectivity index (χ0n) is 25.0. The molecular weight excluding hydrogens is 559 g/mol. The molecule has 234 valence electrons. The van der Waals surface area contributed by atoms with E-state index in [4.69, 9.17) is 0 Å². The number of nitrogens with one attached hydrogen (secondary N) is 2. The van der Waals surface area contributed by atoms with Crippen LogP contribution in [-0.2, 0) is 11.0 Å². The lowest BCUT2D eigenvalue weighted by atomic mass is 9.83. The molecule has 9 nitrogen and oxygen atoms in total. The number of carbonyl (C=O) groups is 2. The monoisotopic (exact) mass is 601 g/mol. The quantitative estimate of drug-likeness (QED) is 0.440. The van der Waals surface area contributed by atoms with Crippen molar-refractivity contribution in [1.82, 2.24) is 24.7 Å². The van der Waals surface area contributed by atoms with Crippen LogP contribution >= 0.6 is 0 Å². The molecule has 1 saturated carbocycles. The van der Waals surface area contributed by atoms with Gasteiger partial charge in [0.2, 0.25) is 11.9 Å². The van der Waals surface area contributed by atoms with Gasteiger partial charge < -0.3 is 25.3 Å². The fourth-order valence-corrected chi connectivity index (χ4v) is 6.46. The van der Waals surface area contributed by atoms with Gasteiger partial charge in [0, 0.05) is 49.7 Å². The molecule has 1 aliphatic carbocycles. The molecule has 2 atom stereocenters. The minimum atomic E-state index is -4.66. The summed E-state index contributed by atoms with van der Waals surface area (Å²) in [5.74, 6) is -0.779. The van der Waals surface area contributed by atoms with E-state index in [1.165, 1.54) is 0 Å². The minimum Gasteiger partial charge on any atom is -0.366 e. The van der Waals surface area contributed by atoms with Crippen LogP contribution in [0, 0.1) is 5.92 Å². The molecule has 43 heavy (non-hydrogen) atoms. The van der Waals surface area contributed by atoms with Crippen molar-refractivity contribution in [2.45, 2.75) is 76.0 Å². The third kappa shape index (κ3) is 7.57. The van der Waals surface area contributed by atoms with Gasteiger partial charge in [0.1, 0.15) is 11.4 Å². The first kappa shape index (κ1) is 31.0. The van der Waals surface area contributed by atoms with Crippen molar-refractivity contribution >= 4 is 29.3 Å². The molecule has 3 aliphatic rings. The number of aromatic nitrogens is 2. The Kier molecular flexibility index (Phi) is 9.73. The molecule has 12 heteroatoms. The van der Waals surface area contributed by atoms with E-state index < -0.39 is 23.7 Å². The minimum absolute atomic E-state index is 0.00673. The average molecular weight is 602 g/mol. The van der Waals surface area contributed by atoms with Gasteiger partial charge in [0.05, 0.1) is 5.92 Å². The molecule has 2 aliphatic heterocycles. The molecule has 5 rings (SSSR count). The lowest BCUT2D eigenvalue weighted by Gasteiger charge is -2.37. The van der Waals surface area contributed by atoms with Crippen molar-refractivity contribution in [3.63, 3.8) is 0 Å². The first-order valence-corrected chi connectivity index (χ1v) is 15.4. The number of likely N-dealkylation sites (tertiary alicyclic amines) is 2. The summed E-state index contributed by atoms with van der Waals surface area (Å²) in [4.78, 5) is 40.5. The maximum Gasteiger partial charge on any atom is 0.421 e. The van der Waals surface area contributed by atoms with E-state index >= 15 is 0 Å². The molecular formula is C31H42F3N7O2. The van der Waals surface area contributed by atoms with Crippen molar-refractivity contribution in [3.05, 3.63) is 41.6 Å². The summed E-state index contributed by atoms with van der Waals surface area (Å²) in [7, 11) is 3.90. The van der Waals surface area contributed by atoms with Gasteiger partial charge in [-0.2, -0.15) is 18.2 Å². The molecule has 2 amide bonds. The largest absolute Gasteiger partial charge is 0.421 e. The zero-order valence-corrected chi connectivity index (χ0v) is 25.0. The second-order valence-electron chi connectivity index (χ2n) is 12.1. The van der Waals surface area contributed by atoms with Crippen LogP contribution in [0.2, 0.25) is 0 Å². The molecule has 2 saturated heterocycles. The van der Waals surface area contributed by atoms with Gasteiger partial charge in [-0.3, -0.25) is 9.59 Å². The Morgan fingerprint density at radius 2 is 1.60 bits per heavy atom. The van der Waals surface area contributed by atoms with E-state index in [0.717, 1.165) is 64.2 Å². The van der Waals surface area contributed by atoms with E-state index in [9.17, 15) is 22.8 Å². The van der Waals surface area contributed by atoms with Gasteiger partial charge in [0.15, 0.2) is 0 Å². The fraction of sp³-hybridized carbons (Fsp3) is 0.613. The number of piperidine rings is 2. The zero-order chi connectivity index (χ0) is 30.6. The second-order valence-corrected chi connectivity index (χ2v) is 12.1. The number of carbonyl (C=O) groups excluding carboxylic acids is 2. The highest BCUT2D eigenvalue weighted by molar-refractivity contribution is 5.94. The van der Waals surface area contributed by atoms with Crippen LogP contribution in [0.3, 0.4) is 0 Å². The highest BCUT2D eigenvalue weighted by Crippen LogP contribution is 2.37. The van der Waals surface area contributed by atoms with Crippen molar-refractivity contribution in [1.29, 1.82) is 0 Å². The van der Waals surface area contributed by atoms with Gasteiger partial charge >= 0.3 is 6.18 Å². The standard InChI is InChI=1S/C31H42F3N7O2/c1-39-18-14-23(15-19-39)40(2)28(42)21-10-12-22(13-11-21)36-30-35-20-25(31(32,33)34)27(38-30)37-26-9-5-4-8-24(26)29(43)41-16-6-3-7-17-41/h10-13,20,23-24,26H,3-9,14-19H2,1-2H3,(H2,35,36,37,38)/t24-,26?/m0/s1. The number of rotatable bonds is 7. The molecule has 0 radical (unpaired) electrons. The number of amides is 2. The number of hydrogen-bond donors (Lipinski definition) is 2. The van der Waals surface area contributed by atoms with E-state index in [1.54, 1.807) is 29.2 Å². The first-order valence-electron chi connectivity index (χ1n) is 15.4. The summed E-state index contributed by atoms with van der Waals surface area (Å²) in [6.07, 6.45) is 3.91.